The minimum atomic E-state index is -0.520. The lowest BCUT2D eigenvalue weighted by Gasteiger charge is -2.13. The summed E-state index contributed by atoms with van der Waals surface area (Å²) in [5.74, 6) is 0.00117. The zero-order chi connectivity index (χ0) is 23.8. The van der Waals surface area contributed by atoms with Crippen molar-refractivity contribution < 1.29 is 18.7 Å². The second-order valence-electron chi connectivity index (χ2n) is 6.51. The number of hydrazone groups is 1. The Morgan fingerprint density at radius 2 is 2.12 bits per heavy atom. The van der Waals surface area contributed by atoms with Crippen LogP contribution in [0.3, 0.4) is 0 Å². The molecule has 0 spiro atoms. The number of hydrogen-bond donors (Lipinski definition) is 1. The zero-order valence-corrected chi connectivity index (χ0v) is 20.8. The van der Waals surface area contributed by atoms with Crippen LogP contribution in [0.15, 0.2) is 60.4 Å². The number of hydrogen-bond acceptors (Lipinski definition) is 8. The van der Waals surface area contributed by atoms with Crippen LogP contribution in [-0.4, -0.2) is 30.8 Å². The molecule has 8 nitrogen and oxygen atoms in total. The molecule has 1 aromatic carbocycles. The monoisotopic (exact) mass is 548 g/mol. The number of carbonyl (C=O) groups is 1. The number of nitrogens with zero attached hydrogens (tertiary/aromatic N) is 3. The minimum absolute atomic E-state index is 0.0549. The van der Waals surface area contributed by atoms with E-state index >= 15 is 0 Å². The van der Waals surface area contributed by atoms with Crippen molar-refractivity contribution in [2.75, 3.05) is 13.7 Å². The predicted molar refractivity (Wildman–Crippen MR) is 128 cm³/mol. The topological polar surface area (TPSA) is 110 Å². The number of ether oxygens (including phenoxy) is 2. The lowest BCUT2D eigenvalue weighted by Crippen LogP contribution is -2.25. The first-order chi connectivity index (χ1) is 15.9. The number of aromatic nitrogens is 1. The Bertz CT molecular complexity index is 1210. The number of aryl methyl sites for hydroxylation is 1. The van der Waals surface area contributed by atoms with Crippen LogP contribution in [0.1, 0.15) is 22.6 Å². The summed E-state index contributed by atoms with van der Waals surface area (Å²) >= 11 is 10.7. The largest absolute Gasteiger partial charge is 0.467 e. The van der Waals surface area contributed by atoms with E-state index in [4.69, 9.17) is 25.5 Å². The summed E-state index contributed by atoms with van der Waals surface area (Å²) in [5.41, 5.74) is 3.76. The average Bonchev–Trinajstić information content (AvgIpc) is 3.24. The SMILES string of the molecule is COCc1c(Br)c(C)nc(OCC(=O)N/N=C/c2ccc(Sc3ccc(Cl)cc3)o2)c1C#N. The lowest BCUT2D eigenvalue weighted by atomic mass is 10.1. The van der Waals surface area contributed by atoms with Crippen molar-refractivity contribution in [1.82, 2.24) is 10.4 Å². The van der Waals surface area contributed by atoms with Crippen LogP contribution in [-0.2, 0) is 16.1 Å². The Balaban J connectivity index is 1.55. The minimum Gasteiger partial charge on any atom is -0.467 e. The van der Waals surface area contributed by atoms with E-state index in [0.29, 0.717) is 31.6 Å². The van der Waals surface area contributed by atoms with Crippen molar-refractivity contribution in [1.29, 1.82) is 5.26 Å². The highest BCUT2D eigenvalue weighted by atomic mass is 79.9. The van der Waals surface area contributed by atoms with E-state index in [2.05, 4.69) is 31.4 Å². The molecule has 11 heteroatoms. The summed E-state index contributed by atoms with van der Waals surface area (Å²) in [5, 5.41) is 14.7. The van der Waals surface area contributed by atoms with Crippen molar-refractivity contribution >= 4 is 51.4 Å². The Kier molecular flexibility index (Phi) is 8.91. The lowest BCUT2D eigenvalue weighted by molar-refractivity contribution is -0.123. The van der Waals surface area contributed by atoms with Gasteiger partial charge in [-0.3, -0.25) is 4.79 Å². The Hall–Kier alpha value is -2.84. The Labute approximate surface area is 208 Å². The van der Waals surface area contributed by atoms with Crippen molar-refractivity contribution in [3.63, 3.8) is 0 Å². The number of carbonyl (C=O) groups excluding carboxylic acids is 1. The highest BCUT2D eigenvalue weighted by Gasteiger charge is 2.18. The number of nitrogens with one attached hydrogen (secondary N) is 1. The molecule has 0 aliphatic heterocycles. The standard InChI is InChI=1S/C22H18BrClN4O4S/c1-13-21(23)18(11-30-2)17(9-25)22(27-13)31-12-19(29)28-26-10-15-5-8-20(32-15)33-16-6-3-14(24)4-7-16/h3-8,10H,11-12H2,1-2H3,(H,28,29)/b26-10+. The molecule has 2 aromatic heterocycles. The van der Waals surface area contributed by atoms with Crippen molar-refractivity contribution in [2.24, 2.45) is 5.10 Å². The number of rotatable bonds is 9. The summed E-state index contributed by atoms with van der Waals surface area (Å²) in [7, 11) is 1.52. The zero-order valence-electron chi connectivity index (χ0n) is 17.6. The molecular weight excluding hydrogens is 532 g/mol. The summed E-state index contributed by atoms with van der Waals surface area (Å²) in [6.07, 6.45) is 1.38. The van der Waals surface area contributed by atoms with E-state index in [0.717, 1.165) is 4.90 Å². The quantitative estimate of drug-likeness (QED) is 0.292. The molecule has 170 valence electrons. The summed E-state index contributed by atoms with van der Waals surface area (Å²) in [6, 6.07) is 13.0. The van der Waals surface area contributed by atoms with Gasteiger partial charge in [-0.15, -0.1) is 0 Å². The maximum atomic E-state index is 12.1. The first kappa shape index (κ1) is 24.8. The number of methoxy groups -OCH3 is 1. The summed E-state index contributed by atoms with van der Waals surface area (Å²) in [4.78, 5) is 17.3. The van der Waals surface area contributed by atoms with Gasteiger partial charge in [-0.1, -0.05) is 23.4 Å². The van der Waals surface area contributed by atoms with Crippen LogP contribution in [0.25, 0.3) is 0 Å². The molecule has 0 aliphatic carbocycles. The van der Waals surface area contributed by atoms with Crippen LogP contribution in [0.2, 0.25) is 5.02 Å². The molecule has 0 saturated carbocycles. The van der Waals surface area contributed by atoms with Crippen LogP contribution in [0.4, 0.5) is 0 Å². The van der Waals surface area contributed by atoms with Gasteiger partial charge in [0.15, 0.2) is 11.7 Å². The fourth-order valence-electron chi connectivity index (χ4n) is 2.63. The Morgan fingerprint density at radius 3 is 2.82 bits per heavy atom. The molecule has 0 bridgehead atoms. The molecule has 0 fully saturated rings. The van der Waals surface area contributed by atoms with E-state index in [-0.39, 0.29) is 24.7 Å². The van der Waals surface area contributed by atoms with E-state index in [1.807, 2.05) is 18.2 Å². The molecular formula is C22H18BrClN4O4S. The molecule has 0 unspecified atom stereocenters. The Morgan fingerprint density at radius 1 is 1.36 bits per heavy atom. The van der Waals surface area contributed by atoms with Gasteiger partial charge in [0.2, 0.25) is 5.88 Å². The number of amides is 1. The maximum absolute atomic E-state index is 12.1. The molecule has 0 aliphatic rings. The van der Waals surface area contributed by atoms with Crippen molar-refractivity contribution in [3.05, 3.63) is 68.5 Å². The summed E-state index contributed by atoms with van der Waals surface area (Å²) < 4.78 is 16.9. The molecule has 3 aromatic rings. The van der Waals surface area contributed by atoms with Crippen LogP contribution < -0.4 is 10.2 Å². The highest BCUT2D eigenvalue weighted by molar-refractivity contribution is 9.10. The molecule has 3 rings (SSSR count). The van der Waals surface area contributed by atoms with Gasteiger partial charge in [-0.2, -0.15) is 10.4 Å². The number of pyridine rings is 1. The third kappa shape index (κ3) is 6.82. The van der Waals surface area contributed by atoms with Gasteiger partial charge in [-0.25, -0.2) is 10.4 Å². The molecule has 2 heterocycles. The third-order valence-electron chi connectivity index (χ3n) is 4.12. The van der Waals surface area contributed by atoms with Crippen molar-refractivity contribution in [3.8, 4) is 11.9 Å². The van der Waals surface area contributed by atoms with Crippen molar-refractivity contribution in [2.45, 2.75) is 23.5 Å². The fraction of sp³-hybridized carbons (Fsp3) is 0.182. The average molecular weight is 550 g/mol. The molecule has 0 radical (unpaired) electrons. The molecule has 0 atom stereocenters. The van der Waals surface area contributed by atoms with E-state index < -0.39 is 5.91 Å². The highest BCUT2D eigenvalue weighted by Crippen LogP contribution is 2.30. The molecule has 33 heavy (non-hydrogen) atoms. The smallest absolute Gasteiger partial charge is 0.278 e. The van der Waals surface area contributed by atoms with Gasteiger partial charge in [0.25, 0.3) is 5.91 Å². The van der Waals surface area contributed by atoms with Crippen LogP contribution >= 0.6 is 39.3 Å². The second-order valence-corrected chi connectivity index (χ2v) is 8.82. The summed E-state index contributed by atoms with van der Waals surface area (Å²) in [6.45, 7) is 1.58. The van der Waals surface area contributed by atoms with Gasteiger partial charge >= 0.3 is 0 Å². The van der Waals surface area contributed by atoms with Gasteiger partial charge in [0.1, 0.15) is 17.4 Å². The van der Waals surface area contributed by atoms with Crippen LogP contribution in [0.5, 0.6) is 5.88 Å². The fourth-order valence-corrected chi connectivity index (χ4v) is 3.93. The van der Waals surface area contributed by atoms with E-state index in [1.165, 1.54) is 25.1 Å². The van der Waals surface area contributed by atoms with Gasteiger partial charge in [0, 0.05) is 27.1 Å². The number of halogens is 2. The normalized spacial score (nSPS) is 10.9. The van der Waals surface area contributed by atoms with E-state index in [1.54, 1.807) is 31.2 Å². The number of benzene rings is 1. The number of furan rings is 1. The third-order valence-corrected chi connectivity index (χ3v) is 6.36. The first-order valence-electron chi connectivity index (χ1n) is 9.47. The molecule has 1 amide bonds. The van der Waals surface area contributed by atoms with Gasteiger partial charge < -0.3 is 13.9 Å². The molecule has 0 saturated heterocycles. The second kappa shape index (κ2) is 11.9. The first-order valence-corrected chi connectivity index (χ1v) is 11.5. The molecule has 1 N–H and O–H groups in total. The maximum Gasteiger partial charge on any atom is 0.278 e. The van der Waals surface area contributed by atoms with Gasteiger partial charge in [0.05, 0.1) is 18.5 Å². The predicted octanol–water partition coefficient (Wildman–Crippen LogP) is 5.10. The van der Waals surface area contributed by atoms with Gasteiger partial charge in [-0.05, 0) is 59.3 Å². The van der Waals surface area contributed by atoms with E-state index in [9.17, 15) is 10.1 Å². The van der Waals surface area contributed by atoms with Crippen LogP contribution in [0, 0.1) is 18.3 Å². The number of nitriles is 1.